The van der Waals surface area contributed by atoms with Crippen molar-refractivity contribution in [2.45, 2.75) is 25.7 Å². The number of thiazole rings is 1. The van der Waals surface area contributed by atoms with Gasteiger partial charge in [-0.05, 0) is 55.5 Å². The molecule has 0 bridgehead atoms. The van der Waals surface area contributed by atoms with Crippen LogP contribution in [0.1, 0.15) is 22.6 Å². The smallest absolute Gasteiger partial charge is 0.223 e. The number of fused-ring (bicyclic) bond motifs is 1. The summed E-state index contributed by atoms with van der Waals surface area (Å²) in [5, 5.41) is 4.83. The van der Waals surface area contributed by atoms with Crippen molar-refractivity contribution in [2.24, 2.45) is 5.92 Å². The van der Waals surface area contributed by atoms with Crippen LogP contribution in [0.4, 0.5) is 0 Å². The zero-order valence-corrected chi connectivity index (χ0v) is 16.4. The van der Waals surface area contributed by atoms with Crippen LogP contribution in [-0.2, 0) is 24.1 Å². The minimum absolute atomic E-state index is 0.0302. The normalized spacial score (nSPS) is 16.0. The van der Waals surface area contributed by atoms with E-state index < -0.39 is 0 Å². The Labute approximate surface area is 167 Å². The van der Waals surface area contributed by atoms with Gasteiger partial charge in [0.2, 0.25) is 5.91 Å². The van der Waals surface area contributed by atoms with Gasteiger partial charge in [-0.25, -0.2) is 4.98 Å². The van der Waals surface area contributed by atoms with Gasteiger partial charge in [0.15, 0.2) is 0 Å². The first-order valence-corrected chi connectivity index (χ1v) is 10.3. The van der Waals surface area contributed by atoms with E-state index in [9.17, 15) is 4.79 Å². The van der Waals surface area contributed by atoms with Gasteiger partial charge in [-0.15, -0.1) is 11.3 Å². The van der Waals surface area contributed by atoms with Crippen molar-refractivity contribution in [2.75, 3.05) is 6.54 Å². The molecule has 0 aliphatic heterocycles. The summed E-state index contributed by atoms with van der Waals surface area (Å²) in [4.78, 5) is 22.7. The van der Waals surface area contributed by atoms with Crippen molar-refractivity contribution >= 4 is 28.8 Å². The summed E-state index contributed by atoms with van der Waals surface area (Å²) in [5.74, 6) is 0.171. The zero-order chi connectivity index (χ0) is 18.6. The van der Waals surface area contributed by atoms with E-state index in [0.29, 0.717) is 6.54 Å². The molecule has 1 amide bonds. The summed E-state index contributed by atoms with van der Waals surface area (Å²) >= 11 is 7.70. The Bertz CT molecular complexity index is 942. The Kier molecular flexibility index (Phi) is 5.50. The monoisotopic (exact) mass is 397 g/mol. The molecule has 1 aliphatic carbocycles. The maximum atomic E-state index is 12.6. The van der Waals surface area contributed by atoms with Gasteiger partial charge in [0, 0.05) is 40.3 Å². The molecule has 27 heavy (non-hydrogen) atoms. The van der Waals surface area contributed by atoms with Gasteiger partial charge in [-0.1, -0.05) is 23.7 Å². The molecule has 0 saturated heterocycles. The Hall–Kier alpha value is -2.24. The number of nitrogens with zero attached hydrogens (tertiary/aromatic N) is 2. The Balaban J connectivity index is 1.35. The number of halogens is 1. The molecule has 1 unspecified atom stereocenters. The molecule has 0 saturated carbocycles. The van der Waals surface area contributed by atoms with Crippen LogP contribution < -0.4 is 5.32 Å². The van der Waals surface area contributed by atoms with Gasteiger partial charge >= 0.3 is 0 Å². The summed E-state index contributed by atoms with van der Waals surface area (Å²) in [6, 6.07) is 11.7. The molecule has 2 heterocycles. The Morgan fingerprint density at radius 2 is 2.11 bits per heavy atom. The SMILES string of the molecule is O=C(NCCc1cccc(Cl)c1)C1CCc2nc(-c3ccncc3)sc2C1. The lowest BCUT2D eigenvalue weighted by atomic mass is 9.90. The molecule has 3 aromatic rings. The van der Waals surface area contributed by atoms with Crippen LogP contribution in [0, 0.1) is 5.92 Å². The number of carbonyl (C=O) groups excluding carboxylic acids is 1. The number of carbonyl (C=O) groups is 1. The van der Waals surface area contributed by atoms with Crippen LogP contribution in [0.25, 0.3) is 10.6 Å². The molecular weight excluding hydrogens is 378 g/mol. The van der Waals surface area contributed by atoms with Crippen molar-refractivity contribution in [1.82, 2.24) is 15.3 Å². The Morgan fingerprint density at radius 3 is 2.93 bits per heavy atom. The first kappa shape index (κ1) is 18.1. The highest BCUT2D eigenvalue weighted by molar-refractivity contribution is 7.15. The molecule has 0 radical (unpaired) electrons. The van der Waals surface area contributed by atoms with Crippen LogP contribution in [0.15, 0.2) is 48.8 Å². The maximum absolute atomic E-state index is 12.6. The van der Waals surface area contributed by atoms with Crippen molar-refractivity contribution in [3.63, 3.8) is 0 Å². The summed E-state index contributed by atoms with van der Waals surface area (Å²) in [5.41, 5.74) is 3.37. The largest absolute Gasteiger partial charge is 0.356 e. The average molecular weight is 398 g/mol. The number of pyridine rings is 1. The maximum Gasteiger partial charge on any atom is 0.223 e. The fourth-order valence-corrected chi connectivity index (χ4v) is 4.79. The van der Waals surface area contributed by atoms with Gasteiger partial charge < -0.3 is 5.32 Å². The predicted molar refractivity (Wildman–Crippen MR) is 109 cm³/mol. The number of aryl methyl sites for hydroxylation is 1. The quantitative estimate of drug-likeness (QED) is 0.697. The van der Waals surface area contributed by atoms with E-state index in [1.54, 1.807) is 23.7 Å². The highest BCUT2D eigenvalue weighted by atomic mass is 35.5. The van der Waals surface area contributed by atoms with E-state index in [4.69, 9.17) is 16.6 Å². The van der Waals surface area contributed by atoms with Crippen molar-refractivity contribution < 1.29 is 4.79 Å². The number of amides is 1. The van der Waals surface area contributed by atoms with Gasteiger partial charge in [0.05, 0.1) is 5.69 Å². The number of rotatable bonds is 5. The first-order valence-electron chi connectivity index (χ1n) is 9.10. The average Bonchev–Trinajstić information content (AvgIpc) is 3.12. The van der Waals surface area contributed by atoms with Crippen LogP contribution >= 0.6 is 22.9 Å². The third-order valence-corrected chi connectivity index (χ3v) is 6.24. The van der Waals surface area contributed by atoms with Crippen molar-refractivity contribution in [3.8, 4) is 10.6 Å². The minimum atomic E-state index is 0.0302. The van der Waals surface area contributed by atoms with Gasteiger partial charge in [-0.2, -0.15) is 0 Å². The highest BCUT2D eigenvalue weighted by Crippen LogP contribution is 2.34. The molecule has 1 aromatic carbocycles. The standard InChI is InChI=1S/C21H20ClN3OS/c22-17-3-1-2-14(12-17)6-11-24-20(26)16-4-5-18-19(13-16)27-21(25-18)15-7-9-23-10-8-15/h1-3,7-10,12,16H,4-6,11,13H2,(H,24,26). The van der Waals surface area contributed by atoms with E-state index in [0.717, 1.165) is 52.5 Å². The topological polar surface area (TPSA) is 54.9 Å². The Morgan fingerprint density at radius 1 is 1.26 bits per heavy atom. The molecule has 0 fully saturated rings. The highest BCUT2D eigenvalue weighted by Gasteiger charge is 2.27. The van der Waals surface area contributed by atoms with E-state index in [-0.39, 0.29) is 11.8 Å². The zero-order valence-electron chi connectivity index (χ0n) is 14.8. The van der Waals surface area contributed by atoms with Crippen LogP contribution in [-0.4, -0.2) is 22.4 Å². The second-order valence-corrected chi connectivity index (χ2v) is 8.26. The summed E-state index contributed by atoms with van der Waals surface area (Å²) < 4.78 is 0. The van der Waals surface area contributed by atoms with E-state index in [1.807, 2.05) is 36.4 Å². The predicted octanol–water partition coefficient (Wildman–Crippen LogP) is 4.32. The lowest BCUT2D eigenvalue weighted by Crippen LogP contribution is -2.35. The number of benzene rings is 1. The van der Waals surface area contributed by atoms with Crippen LogP contribution in [0.2, 0.25) is 5.02 Å². The molecule has 2 aromatic heterocycles. The molecular formula is C21H20ClN3OS. The van der Waals surface area contributed by atoms with Crippen molar-refractivity contribution in [1.29, 1.82) is 0 Å². The fourth-order valence-electron chi connectivity index (χ4n) is 3.38. The second kappa shape index (κ2) is 8.19. The molecule has 6 heteroatoms. The van der Waals surface area contributed by atoms with Gasteiger partial charge in [0.25, 0.3) is 0 Å². The van der Waals surface area contributed by atoms with Crippen LogP contribution in [0.3, 0.4) is 0 Å². The lowest BCUT2D eigenvalue weighted by molar-refractivity contribution is -0.125. The molecule has 0 spiro atoms. The summed E-state index contributed by atoms with van der Waals surface area (Å²) in [6.07, 6.45) is 6.86. The molecule has 4 rings (SSSR count). The molecule has 4 nitrogen and oxygen atoms in total. The number of nitrogens with one attached hydrogen (secondary N) is 1. The van der Waals surface area contributed by atoms with Crippen LogP contribution in [0.5, 0.6) is 0 Å². The molecule has 1 aliphatic rings. The molecule has 1 atom stereocenters. The van der Waals surface area contributed by atoms with Crippen molar-refractivity contribution in [3.05, 3.63) is 69.9 Å². The lowest BCUT2D eigenvalue weighted by Gasteiger charge is -2.20. The third-order valence-electron chi connectivity index (χ3n) is 4.84. The molecule has 138 valence electrons. The van der Waals surface area contributed by atoms with Gasteiger partial charge in [0.1, 0.15) is 5.01 Å². The minimum Gasteiger partial charge on any atom is -0.356 e. The summed E-state index contributed by atoms with van der Waals surface area (Å²) in [6.45, 7) is 0.632. The van der Waals surface area contributed by atoms with E-state index in [2.05, 4.69) is 10.3 Å². The van der Waals surface area contributed by atoms with E-state index in [1.165, 1.54) is 4.88 Å². The first-order chi connectivity index (χ1) is 13.2. The second-order valence-electron chi connectivity index (χ2n) is 6.74. The number of hydrogen-bond donors (Lipinski definition) is 1. The number of aromatic nitrogens is 2. The molecule has 1 N–H and O–H groups in total. The third kappa shape index (κ3) is 4.37. The summed E-state index contributed by atoms with van der Waals surface area (Å²) in [7, 11) is 0. The fraction of sp³-hybridized carbons (Fsp3) is 0.286. The number of hydrogen-bond acceptors (Lipinski definition) is 4. The van der Waals surface area contributed by atoms with E-state index >= 15 is 0 Å². The van der Waals surface area contributed by atoms with Gasteiger partial charge in [-0.3, -0.25) is 9.78 Å².